The number of amides is 1. The van der Waals surface area contributed by atoms with E-state index < -0.39 is 23.1 Å². The second-order valence-electron chi connectivity index (χ2n) is 9.55. The van der Waals surface area contributed by atoms with Crippen molar-refractivity contribution in [3.63, 3.8) is 0 Å². The molecule has 0 spiro atoms. The van der Waals surface area contributed by atoms with Gasteiger partial charge in [0.25, 0.3) is 5.82 Å². The number of hydrazone groups is 1. The molecule has 7 nitrogen and oxygen atoms in total. The van der Waals surface area contributed by atoms with Gasteiger partial charge in [-0.1, -0.05) is 0 Å². The fourth-order valence-corrected chi connectivity index (χ4v) is 5.77. The molecule has 4 aliphatic carbocycles. The van der Waals surface area contributed by atoms with Crippen LogP contribution >= 0.6 is 0 Å². The number of hydrogen-bond acceptors (Lipinski definition) is 5. The largest absolute Gasteiger partial charge is 0.272 e. The summed E-state index contributed by atoms with van der Waals surface area (Å²) in [5, 5.41) is 19.2. The van der Waals surface area contributed by atoms with Crippen molar-refractivity contribution >= 4 is 12.1 Å². The minimum Gasteiger partial charge on any atom is -0.272 e. The molecule has 0 radical (unpaired) electrons. The lowest BCUT2D eigenvalue weighted by Gasteiger charge is -2.69. The average molecular weight is 422 g/mol. The van der Waals surface area contributed by atoms with Gasteiger partial charge in [-0.2, -0.15) is 10.4 Å². The highest BCUT2D eigenvalue weighted by molar-refractivity contribution is 5.88. The third-order valence-electron chi connectivity index (χ3n) is 7.13. The van der Waals surface area contributed by atoms with Gasteiger partial charge in [-0.15, -0.1) is 5.10 Å². The van der Waals surface area contributed by atoms with E-state index in [2.05, 4.69) is 15.2 Å². The molecule has 0 N–H and O–H groups in total. The summed E-state index contributed by atoms with van der Waals surface area (Å²) in [7, 11) is 0. The monoisotopic (exact) mass is 422 g/mol. The number of nitrogens with zero attached hydrogens (tertiary/aromatic N) is 6. The number of rotatable bonds is 5. The smallest absolute Gasteiger partial charge is 0.252 e. The molecule has 2 heterocycles. The second kappa shape index (κ2) is 6.19. The lowest BCUT2D eigenvalue weighted by molar-refractivity contribution is -0.223. The molecule has 7 rings (SSSR count). The van der Waals surface area contributed by atoms with Gasteiger partial charge in [0.05, 0.1) is 11.5 Å². The van der Waals surface area contributed by atoms with E-state index in [9.17, 15) is 13.6 Å². The van der Waals surface area contributed by atoms with E-state index in [1.165, 1.54) is 17.1 Å². The number of nitriles is 1. The van der Waals surface area contributed by atoms with Crippen LogP contribution in [0.1, 0.15) is 67.7 Å². The molecule has 4 saturated carbocycles. The molecule has 4 fully saturated rings. The van der Waals surface area contributed by atoms with Crippen LogP contribution in [0.2, 0.25) is 0 Å². The van der Waals surface area contributed by atoms with E-state index in [-0.39, 0.29) is 17.1 Å². The maximum atomic E-state index is 13.7. The summed E-state index contributed by atoms with van der Waals surface area (Å²) >= 11 is 0. The fraction of sp³-hybridized carbons (Fsp3) is 0.500. The van der Waals surface area contributed by atoms with Crippen LogP contribution in [-0.4, -0.2) is 31.9 Å². The van der Waals surface area contributed by atoms with Crippen molar-refractivity contribution in [3.05, 3.63) is 47.0 Å². The quantitative estimate of drug-likeness (QED) is 0.739. The molecule has 0 saturated heterocycles. The summed E-state index contributed by atoms with van der Waals surface area (Å²) in [5.41, 5.74) is -0.0289. The number of benzene rings is 1. The highest BCUT2D eigenvalue weighted by Gasteiger charge is 2.72. The van der Waals surface area contributed by atoms with Crippen LogP contribution in [0.4, 0.5) is 8.78 Å². The van der Waals surface area contributed by atoms with Crippen LogP contribution in [0.25, 0.3) is 0 Å². The van der Waals surface area contributed by atoms with Crippen molar-refractivity contribution in [1.82, 2.24) is 19.8 Å². The van der Waals surface area contributed by atoms with Gasteiger partial charge >= 0.3 is 0 Å². The third-order valence-corrected chi connectivity index (χ3v) is 7.13. The zero-order valence-electron chi connectivity index (χ0n) is 16.8. The Labute approximate surface area is 177 Å². The van der Waals surface area contributed by atoms with Crippen LogP contribution in [0.3, 0.4) is 0 Å². The molecule has 2 bridgehead atoms. The van der Waals surface area contributed by atoms with Gasteiger partial charge in [0.15, 0.2) is 0 Å². The van der Waals surface area contributed by atoms with Gasteiger partial charge in [-0.05, 0) is 55.2 Å². The van der Waals surface area contributed by atoms with Gasteiger partial charge in [0.1, 0.15) is 23.5 Å². The fourth-order valence-electron chi connectivity index (χ4n) is 5.77. The SMILES string of the molecule is N#Cc1nc(C2CC2)n(CC23CC(C(=O)N4N=CCC4c4cc(F)cc(F)c4)(C2)C3)n1. The summed E-state index contributed by atoms with van der Waals surface area (Å²) in [6.07, 6.45) is 6.44. The van der Waals surface area contributed by atoms with Crippen LogP contribution < -0.4 is 0 Å². The summed E-state index contributed by atoms with van der Waals surface area (Å²) < 4.78 is 29.3. The highest BCUT2D eigenvalue weighted by atomic mass is 19.1. The maximum absolute atomic E-state index is 13.7. The molecule has 1 unspecified atom stereocenters. The lowest BCUT2D eigenvalue weighted by atomic mass is 9.34. The van der Waals surface area contributed by atoms with Gasteiger partial charge in [0, 0.05) is 31.2 Å². The van der Waals surface area contributed by atoms with E-state index in [0.717, 1.165) is 44.0 Å². The standard InChI is InChI=1S/C22H20F2N6O/c23-15-5-14(6-16(24)7-15)17-3-4-26-30(17)20(31)22-9-21(10-22,11-22)12-29-19(13-1-2-13)27-18(8-25)28-29/h4-7,13,17H,1-3,9-12H2. The first kappa shape index (κ1) is 18.6. The summed E-state index contributed by atoms with van der Waals surface area (Å²) in [6, 6.07) is 4.91. The second-order valence-corrected chi connectivity index (χ2v) is 9.55. The van der Waals surface area contributed by atoms with Gasteiger partial charge in [0.2, 0.25) is 5.91 Å². The molecule has 1 aromatic carbocycles. The third kappa shape index (κ3) is 2.81. The topological polar surface area (TPSA) is 87.2 Å². The molecular weight excluding hydrogens is 402 g/mol. The van der Waals surface area contributed by atoms with E-state index in [4.69, 9.17) is 5.26 Å². The van der Waals surface area contributed by atoms with Gasteiger partial charge in [-0.3, -0.25) is 4.79 Å². The van der Waals surface area contributed by atoms with Crippen molar-refractivity contribution in [2.24, 2.45) is 15.9 Å². The van der Waals surface area contributed by atoms with Gasteiger partial charge < -0.3 is 0 Å². The Morgan fingerprint density at radius 1 is 1.19 bits per heavy atom. The lowest BCUT2D eigenvalue weighted by Crippen LogP contribution is -2.68. The van der Waals surface area contributed by atoms with E-state index in [1.54, 1.807) is 6.21 Å². The first-order valence-electron chi connectivity index (χ1n) is 10.6. The van der Waals surface area contributed by atoms with Crippen molar-refractivity contribution < 1.29 is 13.6 Å². The molecule has 2 aromatic rings. The highest BCUT2D eigenvalue weighted by Crippen LogP contribution is 2.74. The Morgan fingerprint density at radius 3 is 2.55 bits per heavy atom. The Kier molecular flexibility index (Phi) is 3.71. The van der Waals surface area contributed by atoms with E-state index >= 15 is 0 Å². The predicted octanol–water partition coefficient (Wildman–Crippen LogP) is 3.44. The summed E-state index contributed by atoms with van der Waals surface area (Å²) in [6.45, 7) is 0.671. The number of halogens is 2. The molecule has 1 atom stereocenters. The molecule has 5 aliphatic rings. The first-order chi connectivity index (χ1) is 14.9. The molecule has 1 aliphatic heterocycles. The summed E-state index contributed by atoms with van der Waals surface area (Å²) in [4.78, 5) is 17.7. The number of hydrogen-bond donors (Lipinski definition) is 0. The Balaban J connectivity index is 1.17. The Morgan fingerprint density at radius 2 is 1.90 bits per heavy atom. The van der Waals surface area contributed by atoms with Crippen molar-refractivity contribution in [2.75, 3.05) is 0 Å². The number of aromatic nitrogens is 3. The zero-order valence-corrected chi connectivity index (χ0v) is 16.8. The molecule has 158 valence electrons. The van der Waals surface area contributed by atoms with Crippen LogP contribution in [0.5, 0.6) is 0 Å². The van der Waals surface area contributed by atoms with Gasteiger partial charge in [-0.25, -0.2) is 23.5 Å². The zero-order chi connectivity index (χ0) is 21.4. The number of carbonyl (C=O) groups excluding carboxylic acids is 1. The van der Waals surface area contributed by atoms with Crippen molar-refractivity contribution in [3.8, 4) is 6.07 Å². The Hall–Kier alpha value is -3.15. The minimum atomic E-state index is -0.658. The Bertz CT molecular complexity index is 1140. The summed E-state index contributed by atoms with van der Waals surface area (Å²) in [5.74, 6) is 0.0971. The number of carbonyl (C=O) groups is 1. The van der Waals surface area contributed by atoms with Crippen LogP contribution in [-0.2, 0) is 11.3 Å². The predicted molar refractivity (Wildman–Crippen MR) is 104 cm³/mol. The molecular formula is C22H20F2N6O. The van der Waals surface area contributed by atoms with Crippen molar-refractivity contribution in [1.29, 1.82) is 5.26 Å². The average Bonchev–Trinajstić information content (AvgIpc) is 3.24. The first-order valence-corrected chi connectivity index (χ1v) is 10.6. The molecule has 1 amide bonds. The molecule has 9 heteroatoms. The van der Waals surface area contributed by atoms with Crippen LogP contribution in [0.15, 0.2) is 23.3 Å². The van der Waals surface area contributed by atoms with E-state index in [0.29, 0.717) is 24.4 Å². The minimum absolute atomic E-state index is 0.00360. The van der Waals surface area contributed by atoms with Crippen molar-refractivity contribution in [2.45, 2.75) is 57.0 Å². The molecule has 1 aromatic heterocycles. The molecule has 31 heavy (non-hydrogen) atoms. The van der Waals surface area contributed by atoms with E-state index in [1.807, 2.05) is 10.8 Å². The maximum Gasteiger partial charge on any atom is 0.252 e. The van der Waals surface area contributed by atoms with Crippen LogP contribution in [0, 0.1) is 33.8 Å². The normalized spacial score (nSPS) is 30.6.